The lowest BCUT2D eigenvalue weighted by molar-refractivity contribution is -0.149. The molecule has 0 radical (unpaired) electrons. The number of benzene rings is 1. The summed E-state index contributed by atoms with van der Waals surface area (Å²) in [6.07, 6.45) is 7.10. The van der Waals surface area contributed by atoms with Gasteiger partial charge in [-0.1, -0.05) is 0 Å². The van der Waals surface area contributed by atoms with Crippen LogP contribution in [0.15, 0.2) is 36.7 Å². The highest BCUT2D eigenvalue weighted by molar-refractivity contribution is 5.87. The second kappa shape index (κ2) is 6.55. The SMILES string of the molecule is O=C1CC(C(=O)NCc2cnn(-c3ccc(F)cc3)c2)C2(CCCC2)O1. The van der Waals surface area contributed by atoms with E-state index >= 15 is 0 Å². The fourth-order valence-corrected chi connectivity index (χ4v) is 3.95. The number of amides is 1. The summed E-state index contributed by atoms with van der Waals surface area (Å²) in [5.74, 6) is -1.14. The van der Waals surface area contributed by atoms with E-state index in [-0.39, 0.29) is 24.1 Å². The number of ether oxygens (including phenoxy) is 1. The highest BCUT2D eigenvalue weighted by atomic mass is 19.1. The van der Waals surface area contributed by atoms with Crippen molar-refractivity contribution in [1.29, 1.82) is 0 Å². The fourth-order valence-electron chi connectivity index (χ4n) is 3.95. The van der Waals surface area contributed by atoms with Crippen molar-refractivity contribution in [1.82, 2.24) is 15.1 Å². The van der Waals surface area contributed by atoms with Crippen LogP contribution >= 0.6 is 0 Å². The molecule has 1 unspecified atom stereocenters. The average molecular weight is 357 g/mol. The predicted molar refractivity (Wildman–Crippen MR) is 90.8 cm³/mol. The molecule has 1 atom stereocenters. The third-order valence-corrected chi connectivity index (χ3v) is 5.28. The van der Waals surface area contributed by atoms with Crippen molar-refractivity contribution in [3.63, 3.8) is 0 Å². The molecule has 1 aliphatic heterocycles. The number of aromatic nitrogens is 2. The van der Waals surface area contributed by atoms with Crippen LogP contribution in [0.5, 0.6) is 0 Å². The highest BCUT2D eigenvalue weighted by Gasteiger charge is 2.53. The third-order valence-electron chi connectivity index (χ3n) is 5.28. The van der Waals surface area contributed by atoms with Crippen LogP contribution in [0.1, 0.15) is 37.7 Å². The molecular weight excluding hydrogens is 337 g/mol. The lowest BCUT2D eigenvalue weighted by Crippen LogP contribution is -2.42. The summed E-state index contributed by atoms with van der Waals surface area (Å²) >= 11 is 0. The molecule has 1 amide bonds. The van der Waals surface area contributed by atoms with E-state index in [2.05, 4.69) is 10.4 Å². The van der Waals surface area contributed by atoms with E-state index < -0.39 is 11.5 Å². The van der Waals surface area contributed by atoms with Crippen molar-refractivity contribution in [3.8, 4) is 5.69 Å². The number of carbonyl (C=O) groups excluding carboxylic acids is 2. The maximum Gasteiger partial charge on any atom is 0.307 e. The Balaban J connectivity index is 1.40. The number of rotatable bonds is 4. The van der Waals surface area contributed by atoms with E-state index in [1.165, 1.54) is 12.1 Å². The van der Waals surface area contributed by atoms with Crippen LogP contribution in [0.25, 0.3) is 5.69 Å². The maximum absolute atomic E-state index is 13.0. The molecule has 1 aliphatic carbocycles. The van der Waals surface area contributed by atoms with Gasteiger partial charge in [0.05, 0.1) is 24.2 Å². The second-order valence-electron chi connectivity index (χ2n) is 6.99. The molecule has 2 heterocycles. The molecule has 1 aromatic carbocycles. The Hall–Kier alpha value is -2.70. The minimum absolute atomic E-state index is 0.146. The number of carbonyl (C=O) groups is 2. The summed E-state index contributed by atoms with van der Waals surface area (Å²) < 4.78 is 20.2. The topological polar surface area (TPSA) is 73.2 Å². The molecule has 6 nitrogen and oxygen atoms in total. The van der Waals surface area contributed by atoms with Crippen LogP contribution in [-0.4, -0.2) is 27.3 Å². The van der Waals surface area contributed by atoms with Crippen LogP contribution in [0, 0.1) is 11.7 Å². The molecule has 1 spiro atoms. The van der Waals surface area contributed by atoms with Gasteiger partial charge in [-0.05, 0) is 49.9 Å². The number of hydrogen-bond donors (Lipinski definition) is 1. The Bertz CT molecular complexity index is 825. The molecule has 2 aromatic rings. The van der Waals surface area contributed by atoms with Crippen molar-refractivity contribution in [2.75, 3.05) is 0 Å². The van der Waals surface area contributed by atoms with E-state index in [0.717, 1.165) is 36.9 Å². The lowest BCUT2D eigenvalue weighted by Gasteiger charge is -2.27. The van der Waals surface area contributed by atoms with Gasteiger partial charge in [0.2, 0.25) is 5.91 Å². The zero-order chi connectivity index (χ0) is 18.1. The smallest absolute Gasteiger partial charge is 0.307 e. The quantitative estimate of drug-likeness (QED) is 0.854. The highest BCUT2D eigenvalue weighted by Crippen LogP contribution is 2.45. The van der Waals surface area contributed by atoms with E-state index in [0.29, 0.717) is 6.54 Å². The van der Waals surface area contributed by atoms with Gasteiger partial charge in [-0.3, -0.25) is 9.59 Å². The molecule has 2 fully saturated rings. The summed E-state index contributed by atoms with van der Waals surface area (Å²) in [5, 5.41) is 7.14. The van der Waals surface area contributed by atoms with E-state index in [1.807, 2.05) is 0 Å². The number of esters is 1. The maximum atomic E-state index is 13.0. The predicted octanol–water partition coefficient (Wildman–Crippen LogP) is 2.50. The molecule has 26 heavy (non-hydrogen) atoms. The zero-order valence-corrected chi connectivity index (χ0v) is 14.3. The molecule has 2 aliphatic rings. The van der Waals surface area contributed by atoms with Gasteiger partial charge in [-0.15, -0.1) is 0 Å². The monoisotopic (exact) mass is 357 g/mol. The molecule has 4 rings (SSSR count). The van der Waals surface area contributed by atoms with Crippen molar-refractivity contribution in [2.24, 2.45) is 5.92 Å². The van der Waals surface area contributed by atoms with Gasteiger partial charge in [-0.25, -0.2) is 9.07 Å². The minimum Gasteiger partial charge on any atom is -0.458 e. The van der Waals surface area contributed by atoms with Gasteiger partial charge in [0.25, 0.3) is 0 Å². The Morgan fingerprint density at radius 2 is 2.04 bits per heavy atom. The third kappa shape index (κ3) is 3.09. The van der Waals surface area contributed by atoms with Crippen LogP contribution in [0.4, 0.5) is 4.39 Å². The lowest BCUT2D eigenvalue weighted by atomic mass is 9.85. The average Bonchev–Trinajstić information content (AvgIpc) is 3.35. The Labute approximate surface area is 150 Å². The molecule has 1 saturated carbocycles. The summed E-state index contributed by atoms with van der Waals surface area (Å²) in [6.45, 7) is 0.320. The minimum atomic E-state index is -0.598. The van der Waals surface area contributed by atoms with Crippen LogP contribution in [0.3, 0.4) is 0 Å². The molecule has 1 aromatic heterocycles. The van der Waals surface area contributed by atoms with Gasteiger partial charge in [-0.2, -0.15) is 5.10 Å². The van der Waals surface area contributed by atoms with Gasteiger partial charge in [0.1, 0.15) is 11.4 Å². The van der Waals surface area contributed by atoms with Gasteiger partial charge in [0, 0.05) is 18.3 Å². The van der Waals surface area contributed by atoms with Crippen molar-refractivity contribution in [3.05, 3.63) is 48.0 Å². The standard InChI is InChI=1S/C19H20FN3O3/c20-14-3-5-15(6-4-14)23-12-13(11-22-23)10-21-18(25)16-9-17(24)26-19(16)7-1-2-8-19/h3-6,11-12,16H,1-2,7-10H2,(H,21,25). The Kier molecular flexibility index (Phi) is 4.22. The van der Waals surface area contributed by atoms with Crippen LogP contribution in [-0.2, 0) is 20.9 Å². The molecule has 0 bridgehead atoms. The molecule has 7 heteroatoms. The number of halogens is 1. The first-order valence-electron chi connectivity index (χ1n) is 8.85. The second-order valence-corrected chi connectivity index (χ2v) is 6.99. The first-order valence-corrected chi connectivity index (χ1v) is 8.85. The normalized spacial score (nSPS) is 21.1. The molecule has 1 saturated heterocycles. The zero-order valence-electron chi connectivity index (χ0n) is 14.3. The molecule has 1 N–H and O–H groups in total. The Morgan fingerprint density at radius 3 is 2.77 bits per heavy atom. The number of nitrogens with zero attached hydrogens (tertiary/aromatic N) is 2. The fraction of sp³-hybridized carbons (Fsp3) is 0.421. The first-order chi connectivity index (χ1) is 12.6. The van der Waals surface area contributed by atoms with Gasteiger partial charge in [0.15, 0.2) is 0 Å². The Morgan fingerprint density at radius 1 is 1.31 bits per heavy atom. The molecular formula is C19H20FN3O3. The summed E-state index contributed by atoms with van der Waals surface area (Å²) in [6, 6.07) is 6.01. The number of nitrogens with one attached hydrogen (secondary N) is 1. The van der Waals surface area contributed by atoms with Crippen molar-refractivity contribution < 1.29 is 18.7 Å². The summed E-state index contributed by atoms with van der Waals surface area (Å²) in [4.78, 5) is 24.4. The van der Waals surface area contributed by atoms with Crippen LogP contribution in [0.2, 0.25) is 0 Å². The largest absolute Gasteiger partial charge is 0.458 e. The van der Waals surface area contributed by atoms with Crippen molar-refractivity contribution in [2.45, 2.75) is 44.2 Å². The van der Waals surface area contributed by atoms with E-state index in [9.17, 15) is 14.0 Å². The summed E-state index contributed by atoms with van der Waals surface area (Å²) in [5.41, 5.74) is 0.969. The van der Waals surface area contributed by atoms with Crippen LogP contribution < -0.4 is 5.32 Å². The summed E-state index contributed by atoms with van der Waals surface area (Å²) in [7, 11) is 0. The first kappa shape index (κ1) is 16.8. The number of hydrogen-bond acceptors (Lipinski definition) is 4. The van der Waals surface area contributed by atoms with E-state index in [1.54, 1.807) is 29.2 Å². The molecule has 136 valence electrons. The van der Waals surface area contributed by atoms with E-state index in [4.69, 9.17) is 4.74 Å². The van der Waals surface area contributed by atoms with Gasteiger partial charge >= 0.3 is 5.97 Å². The van der Waals surface area contributed by atoms with Gasteiger partial charge < -0.3 is 10.1 Å². The van der Waals surface area contributed by atoms with Crippen molar-refractivity contribution >= 4 is 11.9 Å².